The normalized spacial score (nSPS) is 15.6. The molecular weight excluding hydrogens is 318 g/mol. The monoisotopic (exact) mass is 335 g/mol. The summed E-state index contributed by atoms with van der Waals surface area (Å²) >= 11 is 6.34. The second kappa shape index (κ2) is 7.12. The lowest BCUT2D eigenvalue weighted by Gasteiger charge is -2.27. The fourth-order valence-electron chi connectivity index (χ4n) is 2.47. The zero-order valence-electron chi connectivity index (χ0n) is 12.8. The SMILES string of the molecule is Cc1ocnc1C(=O)Nc1ccc(CN2CCOCC2)c(Cl)c1. The van der Waals surface area contributed by atoms with Crippen molar-refractivity contribution < 1.29 is 13.9 Å². The summed E-state index contributed by atoms with van der Waals surface area (Å²) in [7, 11) is 0. The number of ether oxygens (including phenoxy) is 1. The number of morpholine rings is 1. The summed E-state index contributed by atoms with van der Waals surface area (Å²) in [5.41, 5.74) is 1.94. The maximum Gasteiger partial charge on any atom is 0.277 e. The van der Waals surface area contributed by atoms with E-state index in [1.165, 1.54) is 6.39 Å². The molecular formula is C16H18ClN3O3. The zero-order valence-corrected chi connectivity index (χ0v) is 13.6. The van der Waals surface area contributed by atoms with Crippen molar-refractivity contribution in [3.8, 4) is 0 Å². The molecule has 0 radical (unpaired) electrons. The first-order valence-electron chi connectivity index (χ1n) is 7.43. The molecule has 0 aliphatic carbocycles. The van der Waals surface area contributed by atoms with Gasteiger partial charge in [-0.25, -0.2) is 4.98 Å². The van der Waals surface area contributed by atoms with Crippen molar-refractivity contribution in [3.05, 3.63) is 46.6 Å². The van der Waals surface area contributed by atoms with E-state index < -0.39 is 0 Å². The van der Waals surface area contributed by atoms with Crippen LogP contribution in [-0.2, 0) is 11.3 Å². The van der Waals surface area contributed by atoms with Crippen molar-refractivity contribution in [2.75, 3.05) is 31.6 Å². The Kier molecular flexibility index (Phi) is 4.95. The molecule has 0 atom stereocenters. The van der Waals surface area contributed by atoms with E-state index in [0.717, 1.165) is 38.4 Å². The molecule has 2 aromatic rings. The smallest absolute Gasteiger partial charge is 0.277 e. The summed E-state index contributed by atoms with van der Waals surface area (Å²) < 4.78 is 10.4. The Bertz CT molecular complexity index is 696. The maximum atomic E-state index is 12.1. The van der Waals surface area contributed by atoms with Crippen LogP contribution in [0.15, 0.2) is 29.0 Å². The standard InChI is InChI=1S/C16H18ClN3O3/c1-11-15(18-10-23-11)16(21)19-13-3-2-12(14(17)8-13)9-20-4-6-22-7-5-20/h2-3,8,10H,4-7,9H2,1H3,(H,19,21). The van der Waals surface area contributed by atoms with Crippen LogP contribution in [0, 0.1) is 6.92 Å². The largest absolute Gasteiger partial charge is 0.448 e. The number of halogens is 1. The highest BCUT2D eigenvalue weighted by Gasteiger charge is 2.15. The predicted molar refractivity (Wildman–Crippen MR) is 86.7 cm³/mol. The summed E-state index contributed by atoms with van der Waals surface area (Å²) in [6, 6.07) is 5.53. The molecule has 0 unspecified atom stereocenters. The van der Waals surface area contributed by atoms with Gasteiger partial charge in [0.1, 0.15) is 5.76 Å². The number of carbonyl (C=O) groups excluding carboxylic acids is 1. The number of hydrogen-bond donors (Lipinski definition) is 1. The molecule has 0 saturated carbocycles. The van der Waals surface area contributed by atoms with Crippen LogP contribution in [0.4, 0.5) is 5.69 Å². The number of oxazole rings is 1. The van der Waals surface area contributed by atoms with Gasteiger partial charge in [-0.3, -0.25) is 9.69 Å². The summed E-state index contributed by atoms with van der Waals surface area (Å²) in [5, 5.41) is 3.41. The second-order valence-electron chi connectivity index (χ2n) is 5.41. The quantitative estimate of drug-likeness (QED) is 0.930. The summed E-state index contributed by atoms with van der Waals surface area (Å²) in [4.78, 5) is 18.3. The molecule has 1 fully saturated rings. The topological polar surface area (TPSA) is 67.6 Å². The van der Waals surface area contributed by atoms with Gasteiger partial charge < -0.3 is 14.5 Å². The number of nitrogens with one attached hydrogen (secondary N) is 1. The molecule has 1 saturated heterocycles. The van der Waals surface area contributed by atoms with Crippen LogP contribution in [0.25, 0.3) is 0 Å². The molecule has 2 heterocycles. The first kappa shape index (κ1) is 16.0. The Labute approximate surface area is 139 Å². The molecule has 1 aliphatic heterocycles. The minimum absolute atomic E-state index is 0.276. The van der Waals surface area contributed by atoms with E-state index in [1.54, 1.807) is 13.0 Å². The molecule has 0 spiro atoms. The number of amides is 1. The molecule has 3 rings (SSSR count). The Balaban J connectivity index is 1.66. The average Bonchev–Trinajstić information content (AvgIpc) is 2.97. The van der Waals surface area contributed by atoms with Crippen molar-refractivity contribution in [1.29, 1.82) is 0 Å². The van der Waals surface area contributed by atoms with Gasteiger partial charge in [0.05, 0.1) is 13.2 Å². The molecule has 122 valence electrons. The van der Waals surface area contributed by atoms with Crippen LogP contribution in [0.2, 0.25) is 5.02 Å². The molecule has 0 bridgehead atoms. The van der Waals surface area contributed by atoms with Gasteiger partial charge in [-0.1, -0.05) is 17.7 Å². The number of anilines is 1. The number of carbonyl (C=O) groups is 1. The van der Waals surface area contributed by atoms with Crippen LogP contribution in [0.3, 0.4) is 0 Å². The first-order valence-corrected chi connectivity index (χ1v) is 7.81. The molecule has 7 heteroatoms. The molecule has 23 heavy (non-hydrogen) atoms. The lowest BCUT2D eigenvalue weighted by Crippen LogP contribution is -2.35. The van der Waals surface area contributed by atoms with Crippen LogP contribution in [0.1, 0.15) is 21.8 Å². The third kappa shape index (κ3) is 3.90. The Morgan fingerprint density at radius 2 is 2.17 bits per heavy atom. The number of aryl methyl sites for hydroxylation is 1. The van der Waals surface area contributed by atoms with Crippen molar-refractivity contribution in [2.45, 2.75) is 13.5 Å². The zero-order chi connectivity index (χ0) is 16.2. The van der Waals surface area contributed by atoms with Crippen LogP contribution in [-0.4, -0.2) is 42.1 Å². The Morgan fingerprint density at radius 3 is 2.83 bits per heavy atom. The van der Waals surface area contributed by atoms with Gasteiger partial charge in [-0.2, -0.15) is 0 Å². The highest BCUT2D eigenvalue weighted by Crippen LogP contribution is 2.23. The van der Waals surface area contributed by atoms with Crippen LogP contribution in [0.5, 0.6) is 0 Å². The highest BCUT2D eigenvalue weighted by molar-refractivity contribution is 6.31. The van der Waals surface area contributed by atoms with E-state index in [-0.39, 0.29) is 11.6 Å². The van der Waals surface area contributed by atoms with Gasteiger partial charge in [0, 0.05) is 30.3 Å². The lowest BCUT2D eigenvalue weighted by molar-refractivity contribution is 0.0342. The van der Waals surface area contributed by atoms with Crippen molar-refractivity contribution in [3.63, 3.8) is 0 Å². The van der Waals surface area contributed by atoms with E-state index in [9.17, 15) is 4.79 Å². The van der Waals surface area contributed by atoms with Crippen molar-refractivity contribution in [1.82, 2.24) is 9.88 Å². The van der Waals surface area contributed by atoms with Gasteiger partial charge in [-0.05, 0) is 24.6 Å². The van der Waals surface area contributed by atoms with Crippen molar-refractivity contribution >= 4 is 23.2 Å². The fraction of sp³-hybridized carbons (Fsp3) is 0.375. The molecule has 1 aliphatic rings. The predicted octanol–water partition coefficient (Wildman–Crippen LogP) is 2.72. The third-order valence-corrected chi connectivity index (χ3v) is 4.12. The van der Waals surface area contributed by atoms with E-state index in [4.69, 9.17) is 20.8 Å². The molecule has 6 nitrogen and oxygen atoms in total. The molecule has 1 aromatic carbocycles. The fourth-order valence-corrected chi connectivity index (χ4v) is 2.71. The van der Waals surface area contributed by atoms with Crippen LogP contribution >= 0.6 is 11.6 Å². The Morgan fingerprint density at radius 1 is 1.39 bits per heavy atom. The van der Waals surface area contributed by atoms with Gasteiger partial charge in [0.15, 0.2) is 12.1 Å². The summed E-state index contributed by atoms with van der Waals surface area (Å²) in [6.07, 6.45) is 1.25. The van der Waals surface area contributed by atoms with Gasteiger partial charge in [0.25, 0.3) is 5.91 Å². The van der Waals surface area contributed by atoms with E-state index in [2.05, 4.69) is 15.2 Å². The minimum atomic E-state index is -0.312. The minimum Gasteiger partial charge on any atom is -0.448 e. The van der Waals surface area contributed by atoms with Gasteiger partial charge in [-0.15, -0.1) is 0 Å². The Hall–Kier alpha value is -1.89. The molecule has 1 aromatic heterocycles. The summed E-state index contributed by atoms with van der Waals surface area (Å²) in [5.74, 6) is 0.172. The summed E-state index contributed by atoms with van der Waals surface area (Å²) in [6.45, 7) is 5.78. The number of nitrogens with zero attached hydrogens (tertiary/aromatic N) is 2. The van der Waals surface area contributed by atoms with E-state index >= 15 is 0 Å². The van der Waals surface area contributed by atoms with Gasteiger partial charge in [0.2, 0.25) is 0 Å². The average molecular weight is 336 g/mol. The van der Waals surface area contributed by atoms with Crippen molar-refractivity contribution in [2.24, 2.45) is 0 Å². The third-order valence-electron chi connectivity index (χ3n) is 3.77. The number of rotatable bonds is 4. The van der Waals surface area contributed by atoms with Gasteiger partial charge >= 0.3 is 0 Å². The number of benzene rings is 1. The number of aromatic nitrogens is 1. The second-order valence-corrected chi connectivity index (χ2v) is 5.81. The maximum absolute atomic E-state index is 12.1. The highest BCUT2D eigenvalue weighted by atomic mass is 35.5. The molecule has 1 amide bonds. The first-order chi connectivity index (χ1) is 11.1. The molecule has 1 N–H and O–H groups in total. The lowest BCUT2D eigenvalue weighted by atomic mass is 10.1. The van der Waals surface area contributed by atoms with E-state index in [1.807, 2.05) is 12.1 Å². The number of hydrogen-bond acceptors (Lipinski definition) is 5. The van der Waals surface area contributed by atoms with Crippen LogP contribution < -0.4 is 5.32 Å². The van der Waals surface area contributed by atoms with E-state index in [0.29, 0.717) is 16.5 Å².